The monoisotopic (exact) mass is 407 g/mol. The van der Waals surface area contributed by atoms with Gasteiger partial charge in [-0.2, -0.15) is 0 Å². The van der Waals surface area contributed by atoms with E-state index < -0.39 is 0 Å². The van der Waals surface area contributed by atoms with Gasteiger partial charge in [0.05, 0.1) is 5.69 Å². The Kier molecular flexibility index (Phi) is 5.81. The van der Waals surface area contributed by atoms with Crippen LogP contribution in [-0.4, -0.2) is 32.4 Å². The summed E-state index contributed by atoms with van der Waals surface area (Å²) in [6.45, 7) is 0.594. The van der Waals surface area contributed by atoms with Crippen LogP contribution in [0.2, 0.25) is 0 Å². The summed E-state index contributed by atoms with van der Waals surface area (Å²) in [5.74, 6) is -0.111. The van der Waals surface area contributed by atoms with Crippen LogP contribution in [0.25, 0.3) is 6.08 Å². The lowest BCUT2D eigenvalue weighted by Gasteiger charge is -2.19. The second-order valence-electron chi connectivity index (χ2n) is 6.83. The molecule has 4 heterocycles. The quantitative estimate of drug-likeness (QED) is 0.656. The highest BCUT2D eigenvalue weighted by molar-refractivity contribution is 7.14. The Balaban J connectivity index is 1.38. The van der Waals surface area contributed by atoms with Gasteiger partial charge in [0.15, 0.2) is 5.13 Å². The van der Waals surface area contributed by atoms with Crippen LogP contribution in [0.4, 0.5) is 5.13 Å². The number of pyridine rings is 1. The van der Waals surface area contributed by atoms with Crippen LogP contribution in [-0.2, 0) is 11.3 Å². The number of amides is 2. The Morgan fingerprint density at radius 2 is 2.21 bits per heavy atom. The van der Waals surface area contributed by atoms with Crippen molar-refractivity contribution in [1.29, 1.82) is 0 Å². The highest BCUT2D eigenvalue weighted by Gasteiger charge is 2.16. The number of nitrogens with one attached hydrogen (secondary N) is 2. The van der Waals surface area contributed by atoms with E-state index in [9.17, 15) is 9.59 Å². The molecule has 2 N–H and O–H groups in total. The van der Waals surface area contributed by atoms with E-state index in [1.165, 1.54) is 11.3 Å². The number of aromatic nitrogens is 3. The lowest BCUT2D eigenvalue weighted by molar-refractivity contribution is -0.122. The number of carbonyl (C=O) groups excluding carboxylic acids is 2. The topological polar surface area (TPSA) is 88.9 Å². The minimum absolute atomic E-state index is 0.0486. The molecular formula is C21H21N5O2S. The second-order valence-corrected chi connectivity index (χ2v) is 7.69. The minimum Gasteiger partial charge on any atom is -0.350 e. The smallest absolute Gasteiger partial charge is 0.274 e. The molecule has 7 nitrogen and oxygen atoms in total. The molecular weight excluding hydrogens is 386 g/mol. The van der Waals surface area contributed by atoms with Gasteiger partial charge in [-0.3, -0.25) is 19.9 Å². The van der Waals surface area contributed by atoms with Gasteiger partial charge in [-0.05, 0) is 48.7 Å². The maximum atomic E-state index is 12.7. The molecule has 0 aliphatic carbocycles. The van der Waals surface area contributed by atoms with Crippen molar-refractivity contribution in [3.63, 3.8) is 0 Å². The molecule has 0 aromatic carbocycles. The molecule has 0 saturated carbocycles. The number of hydrogen-bond acceptors (Lipinski definition) is 5. The predicted octanol–water partition coefficient (Wildman–Crippen LogP) is 3.32. The van der Waals surface area contributed by atoms with Crippen molar-refractivity contribution in [1.82, 2.24) is 19.9 Å². The van der Waals surface area contributed by atoms with Gasteiger partial charge in [-0.25, -0.2) is 4.98 Å². The number of hydrogen-bond donors (Lipinski definition) is 2. The van der Waals surface area contributed by atoms with Crippen molar-refractivity contribution in [2.75, 3.05) is 5.32 Å². The Bertz CT molecular complexity index is 1020. The van der Waals surface area contributed by atoms with E-state index in [4.69, 9.17) is 0 Å². The molecule has 148 valence electrons. The van der Waals surface area contributed by atoms with Gasteiger partial charge in [0.25, 0.3) is 5.91 Å². The Hall–Kier alpha value is -3.26. The first-order valence-corrected chi connectivity index (χ1v) is 10.3. The third-order valence-electron chi connectivity index (χ3n) is 4.67. The summed E-state index contributed by atoms with van der Waals surface area (Å²) < 4.78 is 1.89. The fourth-order valence-electron chi connectivity index (χ4n) is 3.22. The number of nitrogens with zero attached hydrogens (tertiary/aromatic N) is 3. The molecule has 2 amide bonds. The third kappa shape index (κ3) is 4.97. The highest BCUT2D eigenvalue weighted by Crippen LogP contribution is 2.19. The van der Waals surface area contributed by atoms with Gasteiger partial charge in [0, 0.05) is 43.0 Å². The average molecular weight is 407 g/mol. The summed E-state index contributed by atoms with van der Waals surface area (Å²) in [6, 6.07) is 7.54. The van der Waals surface area contributed by atoms with E-state index in [1.807, 2.05) is 46.5 Å². The average Bonchev–Trinajstić information content (AvgIpc) is 3.37. The molecule has 1 unspecified atom stereocenters. The first kappa shape index (κ1) is 19.1. The van der Waals surface area contributed by atoms with Gasteiger partial charge >= 0.3 is 0 Å². The summed E-state index contributed by atoms with van der Waals surface area (Å²) in [4.78, 5) is 32.6. The van der Waals surface area contributed by atoms with Gasteiger partial charge in [-0.1, -0.05) is 6.08 Å². The van der Waals surface area contributed by atoms with E-state index >= 15 is 0 Å². The molecule has 0 bridgehead atoms. The van der Waals surface area contributed by atoms with Crippen LogP contribution in [0.5, 0.6) is 0 Å². The second kappa shape index (κ2) is 8.83. The maximum absolute atomic E-state index is 12.7. The summed E-state index contributed by atoms with van der Waals surface area (Å²) in [5, 5.41) is 8.23. The number of carbonyl (C=O) groups is 2. The normalized spacial score (nSPS) is 16.7. The van der Waals surface area contributed by atoms with Crippen molar-refractivity contribution in [2.24, 2.45) is 0 Å². The molecule has 1 saturated heterocycles. The van der Waals surface area contributed by atoms with E-state index in [1.54, 1.807) is 18.5 Å². The van der Waals surface area contributed by atoms with Crippen molar-refractivity contribution in [3.8, 4) is 0 Å². The van der Waals surface area contributed by atoms with Crippen molar-refractivity contribution >= 4 is 34.4 Å². The largest absolute Gasteiger partial charge is 0.350 e. The zero-order valence-electron chi connectivity index (χ0n) is 15.7. The van der Waals surface area contributed by atoms with E-state index in [0.29, 0.717) is 23.8 Å². The molecule has 1 aliphatic rings. The first-order valence-electron chi connectivity index (χ1n) is 9.46. The van der Waals surface area contributed by atoms with E-state index in [2.05, 4.69) is 20.6 Å². The number of rotatable bonds is 6. The van der Waals surface area contributed by atoms with Crippen LogP contribution < -0.4 is 10.6 Å². The third-order valence-corrected chi connectivity index (χ3v) is 5.45. The zero-order valence-corrected chi connectivity index (χ0v) is 16.6. The van der Waals surface area contributed by atoms with Gasteiger partial charge in [-0.15, -0.1) is 11.3 Å². The van der Waals surface area contributed by atoms with E-state index in [0.717, 1.165) is 24.1 Å². The summed E-state index contributed by atoms with van der Waals surface area (Å²) in [6.07, 6.45) is 11.6. The van der Waals surface area contributed by atoms with Crippen LogP contribution in [0.3, 0.4) is 0 Å². The van der Waals surface area contributed by atoms with Crippen molar-refractivity contribution in [2.45, 2.75) is 31.8 Å². The molecule has 3 aromatic heterocycles. The Morgan fingerprint density at radius 1 is 1.34 bits per heavy atom. The van der Waals surface area contributed by atoms with E-state index in [-0.39, 0.29) is 17.9 Å². The molecule has 0 radical (unpaired) electrons. The van der Waals surface area contributed by atoms with Gasteiger partial charge in [0.1, 0.15) is 5.69 Å². The molecule has 3 aromatic rings. The fourth-order valence-corrected chi connectivity index (χ4v) is 3.89. The summed E-state index contributed by atoms with van der Waals surface area (Å²) in [5.41, 5.74) is 2.40. The number of thiazole rings is 1. The minimum atomic E-state index is -0.200. The van der Waals surface area contributed by atoms with Crippen molar-refractivity contribution < 1.29 is 9.59 Å². The summed E-state index contributed by atoms with van der Waals surface area (Å²) >= 11 is 1.37. The Labute approximate surface area is 172 Å². The molecule has 0 spiro atoms. The van der Waals surface area contributed by atoms with Crippen LogP contribution in [0, 0.1) is 0 Å². The predicted molar refractivity (Wildman–Crippen MR) is 113 cm³/mol. The molecule has 1 aliphatic heterocycles. The zero-order chi connectivity index (χ0) is 20.1. The molecule has 1 fully saturated rings. The Morgan fingerprint density at radius 3 is 3.03 bits per heavy atom. The first-order chi connectivity index (χ1) is 14.2. The molecule has 8 heteroatoms. The fraction of sp³-hybridized carbons (Fsp3) is 0.238. The lowest BCUT2D eigenvalue weighted by Crippen LogP contribution is -2.37. The molecule has 4 rings (SSSR count). The molecule has 1 atom stereocenters. The number of anilines is 1. The number of piperidine rings is 1. The SMILES string of the molecule is O=C1CCCC(C=Cc2csc(NC(=O)c3cccn3Cc3ccncc3)n2)N1. The van der Waals surface area contributed by atoms with Crippen LogP contribution >= 0.6 is 11.3 Å². The lowest BCUT2D eigenvalue weighted by atomic mass is 10.0. The van der Waals surface area contributed by atoms with Crippen LogP contribution in [0.15, 0.2) is 54.3 Å². The summed E-state index contributed by atoms with van der Waals surface area (Å²) in [7, 11) is 0. The maximum Gasteiger partial charge on any atom is 0.274 e. The molecule has 29 heavy (non-hydrogen) atoms. The highest BCUT2D eigenvalue weighted by atomic mass is 32.1. The van der Waals surface area contributed by atoms with Gasteiger partial charge in [0.2, 0.25) is 5.91 Å². The van der Waals surface area contributed by atoms with Crippen molar-refractivity contribution in [3.05, 3.63) is 71.3 Å². The standard InChI is InChI=1S/C21H21N5O2S/c27-19-5-1-3-16(23-19)6-7-17-14-29-21(24-17)25-20(28)18-4-2-12-26(18)13-15-8-10-22-11-9-15/h2,4,6-12,14,16H,1,3,5,13H2,(H,23,27)(H,24,25,28). The van der Waals surface area contributed by atoms with Crippen LogP contribution in [0.1, 0.15) is 41.0 Å². The van der Waals surface area contributed by atoms with Gasteiger partial charge < -0.3 is 9.88 Å².